The zero-order valence-electron chi connectivity index (χ0n) is 12.0. The molecule has 0 aliphatic heterocycles. The molecule has 0 aliphatic rings. The van der Waals surface area contributed by atoms with E-state index in [0.29, 0.717) is 24.7 Å². The molecule has 6 nitrogen and oxygen atoms in total. The molecule has 0 unspecified atom stereocenters. The van der Waals surface area contributed by atoms with Crippen molar-refractivity contribution in [2.24, 2.45) is 0 Å². The van der Waals surface area contributed by atoms with Crippen LogP contribution in [0.2, 0.25) is 0 Å². The van der Waals surface area contributed by atoms with Crippen LogP contribution in [0.5, 0.6) is 0 Å². The first-order chi connectivity index (χ1) is 10.2. The number of nitrogens with zero attached hydrogens (tertiary/aromatic N) is 2. The Morgan fingerprint density at radius 3 is 2.76 bits per heavy atom. The van der Waals surface area contributed by atoms with Gasteiger partial charge in [0, 0.05) is 24.7 Å². The van der Waals surface area contributed by atoms with Crippen LogP contribution < -0.4 is 5.32 Å². The summed E-state index contributed by atoms with van der Waals surface area (Å²) in [4.78, 5) is 13.6. The lowest BCUT2D eigenvalue weighted by atomic mass is 10.2. The maximum absolute atomic E-state index is 12.1. The first-order valence-electron chi connectivity index (χ1n) is 6.93. The molecule has 1 aromatic heterocycles. The van der Waals surface area contributed by atoms with Crippen molar-refractivity contribution in [3.63, 3.8) is 0 Å². The van der Waals surface area contributed by atoms with Crippen molar-refractivity contribution >= 4 is 11.8 Å². The van der Waals surface area contributed by atoms with Crippen molar-refractivity contribution in [1.29, 1.82) is 0 Å². The minimum absolute atomic E-state index is 0.0680. The Labute approximate surface area is 123 Å². The van der Waals surface area contributed by atoms with Gasteiger partial charge in [-0.3, -0.25) is 5.32 Å². The molecule has 2 N–H and O–H groups in total. The quantitative estimate of drug-likeness (QED) is 0.856. The molecule has 2 aromatic rings. The van der Waals surface area contributed by atoms with Crippen molar-refractivity contribution in [2.45, 2.75) is 13.3 Å². The van der Waals surface area contributed by atoms with E-state index in [1.54, 1.807) is 6.07 Å². The highest BCUT2D eigenvalue weighted by Crippen LogP contribution is 2.22. The van der Waals surface area contributed by atoms with Gasteiger partial charge >= 0.3 is 6.03 Å². The van der Waals surface area contributed by atoms with Crippen LogP contribution in [0, 0.1) is 0 Å². The predicted molar refractivity (Wildman–Crippen MR) is 79.9 cm³/mol. The first-order valence-corrected chi connectivity index (χ1v) is 6.93. The number of anilines is 1. The monoisotopic (exact) mass is 289 g/mol. The minimum Gasteiger partial charge on any atom is -0.395 e. The van der Waals surface area contributed by atoms with E-state index in [2.05, 4.69) is 10.5 Å². The molecule has 6 heteroatoms. The van der Waals surface area contributed by atoms with Gasteiger partial charge in [0.15, 0.2) is 11.6 Å². The van der Waals surface area contributed by atoms with Gasteiger partial charge in [-0.2, -0.15) is 0 Å². The van der Waals surface area contributed by atoms with E-state index in [0.717, 1.165) is 12.0 Å². The highest BCUT2D eigenvalue weighted by atomic mass is 16.5. The number of benzene rings is 1. The smallest absolute Gasteiger partial charge is 0.323 e. The predicted octanol–water partition coefficient (Wildman–Crippen LogP) is 2.58. The number of carbonyl (C=O) groups is 1. The molecule has 0 spiro atoms. The minimum atomic E-state index is -0.293. The number of hydrogen-bond donors (Lipinski definition) is 2. The Balaban J connectivity index is 2.03. The molecule has 0 atom stereocenters. The summed E-state index contributed by atoms with van der Waals surface area (Å²) in [6.45, 7) is 2.78. The zero-order valence-corrected chi connectivity index (χ0v) is 12.0. The topological polar surface area (TPSA) is 78.6 Å². The van der Waals surface area contributed by atoms with Crippen LogP contribution in [0.15, 0.2) is 40.9 Å². The van der Waals surface area contributed by atoms with Crippen LogP contribution in [0.4, 0.5) is 10.6 Å². The molecule has 0 radical (unpaired) electrons. The summed E-state index contributed by atoms with van der Waals surface area (Å²) >= 11 is 0. The molecular weight excluding hydrogens is 270 g/mol. The van der Waals surface area contributed by atoms with Crippen molar-refractivity contribution < 1.29 is 14.4 Å². The van der Waals surface area contributed by atoms with Crippen LogP contribution in [0.1, 0.15) is 13.3 Å². The molecule has 1 aromatic carbocycles. The molecule has 0 saturated carbocycles. The largest absolute Gasteiger partial charge is 0.395 e. The molecule has 112 valence electrons. The van der Waals surface area contributed by atoms with E-state index >= 15 is 0 Å². The van der Waals surface area contributed by atoms with Crippen LogP contribution in [-0.2, 0) is 0 Å². The summed E-state index contributed by atoms with van der Waals surface area (Å²) in [7, 11) is 0. The summed E-state index contributed by atoms with van der Waals surface area (Å²) in [5.41, 5.74) is 0.895. The van der Waals surface area contributed by atoms with Gasteiger partial charge in [-0.15, -0.1) is 0 Å². The van der Waals surface area contributed by atoms with Gasteiger partial charge in [0.1, 0.15) is 0 Å². The Morgan fingerprint density at radius 2 is 2.10 bits per heavy atom. The third-order valence-electron chi connectivity index (χ3n) is 2.95. The number of nitrogens with one attached hydrogen (secondary N) is 1. The van der Waals surface area contributed by atoms with Gasteiger partial charge in [-0.1, -0.05) is 42.4 Å². The van der Waals surface area contributed by atoms with Crippen LogP contribution in [-0.4, -0.2) is 40.9 Å². The van der Waals surface area contributed by atoms with E-state index in [4.69, 9.17) is 9.63 Å². The molecular formula is C15H19N3O3. The highest BCUT2D eigenvalue weighted by molar-refractivity contribution is 5.88. The first kappa shape index (κ1) is 15.1. The fourth-order valence-corrected chi connectivity index (χ4v) is 1.97. The maximum Gasteiger partial charge on any atom is 0.323 e. The van der Waals surface area contributed by atoms with Crippen molar-refractivity contribution in [3.8, 4) is 11.3 Å². The molecule has 1 heterocycles. The lowest BCUT2D eigenvalue weighted by molar-refractivity contribution is 0.188. The summed E-state index contributed by atoms with van der Waals surface area (Å²) in [6.07, 6.45) is 0.821. The van der Waals surface area contributed by atoms with Crippen molar-refractivity contribution in [3.05, 3.63) is 36.4 Å². The van der Waals surface area contributed by atoms with E-state index in [1.165, 1.54) is 4.90 Å². The third kappa shape index (κ3) is 4.06. The lowest BCUT2D eigenvalue weighted by Crippen LogP contribution is -2.37. The lowest BCUT2D eigenvalue weighted by Gasteiger charge is -2.20. The molecule has 0 fully saturated rings. The molecule has 0 aliphatic carbocycles. The Bertz CT molecular complexity index is 563. The number of hydrogen-bond acceptors (Lipinski definition) is 4. The average molecular weight is 289 g/mol. The number of amides is 2. The van der Waals surface area contributed by atoms with Crippen LogP contribution >= 0.6 is 0 Å². The molecule has 2 rings (SSSR count). The van der Waals surface area contributed by atoms with E-state index in [1.807, 2.05) is 37.3 Å². The summed E-state index contributed by atoms with van der Waals surface area (Å²) in [6, 6.07) is 10.9. The summed E-state index contributed by atoms with van der Waals surface area (Å²) < 4.78 is 5.22. The van der Waals surface area contributed by atoms with Gasteiger partial charge in [-0.05, 0) is 6.42 Å². The summed E-state index contributed by atoms with van der Waals surface area (Å²) in [5, 5.41) is 15.5. The molecule has 0 bridgehead atoms. The van der Waals surface area contributed by atoms with Gasteiger partial charge in [0.2, 0.25) is 0 Å². The molecule has 21 heavy (non-hydrogen) atoms. The molecule has 0 saturated heterocycles. The third-order valence-corrected chi connectivity index (χ3v) is 2.95. The van der Waals surface area contributed by atoms with E-state index < -0.39 is 0 Å². The average Bonchev–Trinajstić information content (AvgIpc) is 2.96. The number of rotatable bonds is 6. The standard InChI is InChI=1S/C15H19N3O3/c1-2-8-18(9-10-19)15(20)16-14-11-13(21-17-14)12-6-4-3-5-7-12/h3-7,11,19H,2,8-10H2,1H3,(H,16,17,20). The second-order valence-corrected chi connectivity index (χ2v) is 4.58. The normalized spacial score (nSPS) is 10.4. The fourth-order valence-electron chi connectivity index (χ4n) is 1.97. The van der Waals surface area contributed by atoms with Gasteiger partial charge in [-0.25, -0.2) is 4.79 Å². The Hall–Kier alpha value is -2.34. The zero-order chi connectivity index (χ0) is 15.1. The highest BCUT2D eigenvalue weighted by Gasteiger charge is 2.14. The fraction of sp³-hybridized carbons (Fsp3) is 0.333. The van der Waals surface area contributed by atoms with Crippen molar-refractivity contribution in [1.82, 2.24) is 10.1 Å². The number of urea groups is 1. The Kier molecular flexibility index (Phi) is 5.34. The number of aromatic nitrogens is 1. The number of aliphatic hydroxyl groups excluding tert-OH is 1. The van der Waals surface area contributed by atoms with Crippen molar-refractivity contribution in [2.75, 3.05) is 25.0 Å². The van der Waals surface area contributed by atoms with Gasteiger partial charge < -0.3 is 14.5 Å². The SMILES string of the molecule is CCCN(CCO)C(=O)Nc1cc(-c2ccccc2)on1. The maximum atomic E-state index is 12.1. The summed E-state index contributed by atoms with van der Waals surface area (Å²) in [5.74, 6) is 0.952. The Morgan fingerprint density at radius 1 is 1.33 bits per heavy atom. The second-order valence-electron chi connectivity index (χ2n) is 4.58. The van der Waals surface area contributed by atoms with Gasteiger partial charge in [0.05, 0.1) is 6.61 Å². The second kappa shape index (κ2) is 7.44. The van der Waals surface area contributed by atoms with Crippen LogP contribution in [0.3, 0.4) is 0 Å². The van der Waals surface area contributed by atoms with Crippen LogP contribution in [0.25, 0.3) is 11.3 Å². The molecule has 2 amide bonds. The number of aliphatic hydroxyl groups is 1. The number of carbonyl (C=O) groups excluding carboxylic acids is 1. The van der Waals surface area contributed by atoms with E-state index in [-0.39, 0.29) is 12.6 Å². The van der Waals surface area contributed by atoms with E-state index in [9.17, 15) is 4.79 Å². The van der Waals surface area contributed by atoms with Gasteiger partial charge in [0.25, 0.3) is 0 Å².